The Morgan fingerprint density at radius 3 is 1.89 bits per heavy atom. The summed E-state index contributed by atoms with van der Waals surface area (Å²) in [7, 11) is -11.3. The third kappa shape index (κ3) is 4.27. The molecule has 0 radical (unpaired) electrons. The fraction of sp³-hybridized carbons (Fsp3) is 0.308. The van der Waals surface area contributed by atoms with Crippen LogP contribution in [0.1, 0.15) is 0 Å². The maximum Gasteiger partial charge on any atom is 0.245 e. The number of anilines is 1. The number of halogens is 3. The summed E-state index contributed by atoms with van der Waals surface area (Å²) in [4.78, 5) is 0. The normalized spacial score (nSPS) is 13.0. The molecule has 2 rings (SSSR count). The minimum Gasteiger partial charge on any atom is -0.255 e. The van der Waals surface area contributed by atoms with Gasteiger partial charge in [-0.3, -0.25) is 4.68 Å². The predicted molar refractivity (Wildman–Crippen MR) is 104 cm³/mol. The van der Waals surface area contributed by atoms with Crippen molar-refractivity contribution in [2.24, 2.45) is 7.05 Å². The smallest absolute Gasteiger partial charge is 0.245 e. The lowest BCUT2D eigenvalue weighted by Gasteiger charge is -2.21. The molecular formula is C13H14Cl2FN3O6S3. The lowest BCUT2D eigenvalue weighted by molar-refractivity contribution is 0.582. The summed E-state index contributed by atoms with van der Waals surface area (Å²) in [6.07, 6.45) is 2.13. The zero-order valence-corrected chi connectivity index (χ0v) is 18.8. The van der Waals surface area contributed by atoms with E-state index in [0.29, 0.717) is 18.6 Å². The molecule has 1 aromatic heterocycles. The molecule has 0 saturated heterocycles. The molecule has 0 spiro atoms. The van der Waals surface area contributed by atoms with Crippen molar-refractivity contribution in [3.63, 3.8) is 0 Å². The van der Waals surface area contributed by atoms with Crippen LogP contribution in [0.2, 0.25) is 10.0 Å². The first-order chi connectivity index (χ1) is 12.5. The highest BCUT2D eigenvalue weighted by Crippen LogP contribution is 2.39. The zero-order valence-electron chi connectivity index (χ0n) is 14.8. The lowest BCUT2D eigenvalue weighted by Crippen LogP contribution is -2.35. The van der Waals surface area contributed by atoms with Gasteiger partial charge < -0.3 is 0 Å². The van der Waals surface area contributed by atoms with Crippen LogP contribution in [-0.2, 0) is 36.9 Å². The number of hydrogen-bond acceptors (Lipinski definition) is 7. The molecule has 1 aromatic carbocycles. The van der Waals surface area contributed by atoms with E-state index < -0.39 is 62.0 Å². The molecule has 0 bridgehead atoms. The molecule has 0 saturated carbocycles. The molecule has 0 aliphatic carbocycles. The molecule has 2 aromatic rings. The maximum absolute atomic E-state index is 14.5. The van der Waals surface area contributed by atoms with E-state index in [1.165, 1.54) is 7.05 Å². The van der Waals surface area contributed by atoms with E-state index in [4.69, 9.17) is 23.2 Å². The first-order valence-corrected chi connectivity index (χ1v) is 13.4. The van der Waals surface area contributed by atoms with E-state index in [-0.39, 0.29) is 9.40 Å². The van der Waals surface area contributed by atoms with Gasteiger partial charge in [-0.05, 0) is 12.1 Å². The minimum atomic E-state index is -4.36. The van der Waals surface area contributed by atoms with Crippen LogP contribution in [0, 0.1) is 5.82 Å². The second-order valence-electron chi connectivity index (χ2n) is 5.87. The molecule has 156 valence electrons. The predicted octanol–water partition coefficient (Wildman–Crippen LogP) is 1.66. The number of rotatable bonds is 5. The Balaban J connectivity index is 2.90. The number of sulfonamides is 2. The SMILES string of the molecule is Cn1nc(-c2cc(N(S(C)(=O)=O)S(C)(=O)=O)c(Cl)cc2F)c(Cl)c1S(C)(=O)=O. The Labute approximate surface area is 171 Å². The average molecular weight is 494 g/mol. The summed E-state index contributed by atoms with van der Waals surface area (Å²) in [5, 5.41) is 2.55. The molecule has 0 unspecified atom stereocenters. The van der Waals surface area contributed by atoms with Crippen molar-refractivity contribution < 1.29 is 29.6 Å². The average Bonchev–Trinajstić information content (AvgIpc) is 2.73. The van der Waals surface area contributed by atoms with Gasteiger partial charge in [-0.15, -0.1) is 0 Å². The van der Waals surface area contributed by atoms with Gasteiger partial charge in [-0.1, -0.05) is 23.2 Å². The fourth-order valence-electron chi connectivity index (χ4n) is 2.52. The van der Waals surface area contributed by atoms with Crippen molar-refractivity contribution in [3.05, 3.63) is 28.0 Å². The summed E-state index contributed by atoms with van der Waals surface area (Å²) in [6.45, 7) is 0. The van der Waals surface area contributed by atoms with Crippen molar-refractivity contribution >= 4 is 58.8 Å². The van der Waals surface area contributed by atoms with Crippen molar-refractivity contribution in [1.82, 2.24) is 9.78 Å². The maximum atomic E-state index is 14.5. The van der Waals surface area contributed by atoms with Gasteiger partial charge in [0.25, 0.3) is 0 Å². The third-order valence-corrected chi connectivity index (χ3v) is 8.55. The molecule has 9 nitrogen and oxygen atoms in total. The van der Waals surface area contributed by atoms with Crippen LogP contribution in [0.4, 0.5) is 10.1 Å². The van der Waals surface area contributed by atoms with Gasteiger partial charge >= 0.3 is 0 Å². The quantitative estimate of drug-likeness (QED) is 0.619. The van der Waals surface area contributed by atoms with Crippen molar-refractivity contribution in [2.45, 2.75) is 5.03 Å². The molecule has 0 aliphatic heterocycles. The van der Waals surface area contributed by atoms with Crippen molar-refractivity contribution in [2.75, 3.05) is 22.5 Å². The van der Waals surface area contributed by atoms with Gasteiger partial charge in [0.15, 0.2) is 14.9 Å². The van der Waals surface area contributed by atoms with Crippen molar-refractivity contribution in [3.8, 4) is 11.3 Å². The molecule has 28 heavy (non-hydrogen) atoms. The van der Waals surface area contributed by atoms with Crippen LogP contribution >= 0.6 is 23.2 Å². The van der Waals surface area contributed by atoms with Crippen LogP contribution in [0.25, 0.3) is 11.3 Å². The number of aromatic nitrogens is 2. The lowest BCUT2D eigenvalue weighted by atomic mass is 10.1. The summed E-state index contributed by atoms with van der Waals surface area (Å²) in [5.41, 5.74) is -1.33. The van der Waals surface area contributed by atoms with E-state index in [0.717, 1.165) is 17.0 Å². The van der Waals surface area contributed by atoms with E-state index in [9.17, 15) is 29.6 Å². The van der Waals surface area contributed by atoms with E-state index >= 15 is 0 Å². The van der Waals surface area contributed by atoms with Gasteiger partial charge in [0.2, 0.25) is 20.0 Å². The van der Waals surface area contributed by atoms with Gasteiger partial charge in [0.1, 0.15) is 16.5 Å². The number of hydrogen-bond donors (Lipinski definition) is 0. The number of sulfone groups is 1. The highest BCUT2D eigenvalue weighted by molar-refractivity contribution is 8.09. The molecule has 0 amide bonds. The molecule has 15 heteroatoms. The van der Waals surface area contributed by atoms with Crippen LogP contribution in [-0.4, -0.2) is 53.8 Å². The Morgan fingerprint density at radius 1 is 1.00 bits per heavy atom. The van der Waals surface area contributed by atoms with E-state index in [2.05, 4.69) is 5.10 Å². The van der Waals surface area contributed by atoms with E-state index in [1.54, 1.807) is 0 Å². The highest BCUT2D eigenvalue weighted by atomic mass is 35.5. The summed E-state index contributed by atoms with van der Waals surface area (Å²) in [5.74, 6) is -1.02. The number of nitrogens with zero attached hydrogens (tertiary/aromatic N) is 3. The minimum absolute atomic E-state index is 0.0274. The molecule has 1 heterocycles. The van der Waals surface area contributed by atoms with Crippen LogP contribution in [0.3, 0.4) is 0 Å². The Kier molecular flexibility index (Phi) is 5.82. The van der Waals surface area contributed by atoms with Crippen LogP contribution in [0.5, 0.6) is 0 Å². The first-order valence-electron chi connectivity index (χ1n) is 7.08. The largest absolute Gasteiger partial charge is 0.255 e. The zero-order chi connectivity index (χ0) is 21.8. The third-order valence-electron chi connectivity index (χ3n) is 3.38. The van der Waals surface area contributed by atoms with Crippen LogP contribution < -0.4 is 3.71 Å². The Bertz CT molecular complexity index is 1260. The molecule has 0 N–H and O–H groups in total. The number of benzene rings is 1. The monoisotopic (exact) mass is 493 g/mol. The summed E-state index contributed by atoms with van der Waals surface area (Å²) < 4.78 is 87.2. The highest BCUT2D eigenvalue weighted by Gasteiger charge is 2.32. The van der Waals surface area contributed by atoms with Gasteiger partial charge in [-0.2, -0.15) is 8.81 Å². The molecular weight excluding hydrogens is 480 g/mol. The van der Waals surface area contributed by atoms with Gasteiger partial charge in [0, 0.05) is 18.9 Å². The molecule has 0 aliphatic rings. The molecule has 0 atom stereocenters. The van der Waals surface area contributed by atoms with E-state index in [1.807, 2.05) is 0 Å². The summed E-state index contributed by atoms with van der Waals surface area (Å²) >= 11 is 11.9. The fourth-order valence-corrected chi connectivity index (χ4v) is 7.46. The first kappa shape index (κ1) is 22.9. The van der Waals surface area contributed by atoms with Gasteiger partial charge in [-0.25, -0.2) is 29.6 Å². The Morgan fingerprint density at radius 2 is 1.50 bits per heavy atom. The second-order valence-corrected chi connectivity index (χ2v) is 12.5. The second kappa shape index (κ2) is 7.13. The number of aryl methyl sites for hydroxylation is 1. The topological polar surface area (TPSA) is 123 Å². The summed E-state index contributed by atoms with van der Waals surface area (Å²) in [6, 6.07) is 1.50. The Hall–Kier alpha value is -1.41. The van der Waals surface area contributed by atoms with Crippen molar-refractivity contribution in [1.29, 1.82) is 0 Å². The van der Waals surface area contributed by atoms with Gasteiger partial charge in [0.05, 0.1) is 23.2 Å². The molecule has 0 fully saturated rings. The van der Waals surface area contributed by atoms with Crippen LogP contribution in [0.15, 0.2) is 17.2 Å². The standard InChI is InChI=1S/C13H14Cl2FN3O6S3/c1-18-13(26(2,20)21)11(15)12(17-18)7-5-10(8(14)6-9(7)16)19(27(3,22)23)28(4,24)25/h5-6H,1-4H3.